The number of hydrogen-bond acceptors (Lipinski definition) is 4. The van der Waals surface area contributed by atoms with Gasteiger partial charge in [-0.3, -0.25) is 9.67 Å². The number of hydrogen-bond donors (Lipinski definition) is 1. The zero-order valence-electron chi connectivity index (χ0n) is 10.1. The highest BCUT2D eigenvalue weighted by Crippen LogP contribution is 2.22. The first-order valence-electron chi connectivity index (χ1n) is 6.26. The molecule has 6 heteroatoms. The number of nitrogens with one attached hydrogen (secondary N) is 1. The summed E-state index contributed by atoms with van der Waals surface area (Å²) in [5.74, 6) is 0.967. The molecule has 1 N–H and O–H groups in total. The first-order chi connectivity index (χ1) is 8.84. The van der Waals surface area contributed by atoms with Gasteiger partial charge in [-0.2, -0.15) is 5.10 Å². The summed E-state index contributed by atoms with van der Waals surface area (Å²) in [6.45, 7) is 4.42. The molecule has 0 unspecified atom stereocenters. The van der Waals surface area contributed by atoms with Crippen molar-refractivity contribution in [3.8, 4) is 10.7 Å². The molecule has 3 rings (SSSR count). The monoisotopic (exact) mass is 280 g/mol. The molecule has 3 heterocycles. The Hall–Kier alpha value is -0.980. The second-order valence-electron chi connectivity index (χ2n) is 4.53. The third-order valence-electron chi connectivity index (χ3n) is 3.34. The van der Waals surface area contributed by atoms with E-state index in [0.29, 0.717) is 0 Å². The molecule has 0 saturated carbocycles. The predicted octanol–water partition coefficient (Wildman–Crippen LogP) is 2.76. The van der Waals surface area contributed by atoms with E-state index in [1.807, 2.05) is 6.07 Å². The summed E-state index contributed by atoms with van der Waals surface area (Å²) in [5, 5.41) is 9.31. The van der Waals surface area contributed by atoms with Crippen LogP contribution in [-0.4, -0.2) is 39.3 Å². The maximum Gasteiger partial charge on any atom is 0.195 e. The van der Waals surface area contributed by atoms with Crippen molar-refractivity contribution in [2.24, 2.45) is 0 Å². The fraction of sp³-hybridized carbons (Fsp3) is 0.500. The van der Waals surface area contributed by atoms with E-state index in [0.717, 1.165) is 23.7 Å². The molecule has 0 spiro atoms. The zero-order chi connectivity index (χ0) is 12.4. The number of thiophene rings is 1. The van der Waals surface area contributed by atoms with Gasteiger partial charge in [0.25, 0.3) is 0 Å². The molecule has 1 fully saturated rings. The third-order valence-corrected chi connectivity index (χ3v) is 4.52. The predicted molar refractivity (Wildman–Crippen MR) is 76.4 cm³/mol. The van der Waals surface area contributed by atoms with Gasteiger partial charge < -0.3 is 4.90 Å². The largest absolute Gasteiger partial charge is 0.302 e. The van der Waals surface area contributed by atoms with Crippen molar-refractivity contribution in [2.75, 3.05) is 19.6 Å². The highest BCUT2D eigenvalue weighted by atomic mass is 32.1. The van der Waals surface area contributed by atoms with Crippen LogP contribution in [0, 0.1) is 4.77 Å². The molecule has 0 radical (unpaired) electrons. The summed E-state index contributed by atoms with van der Waals surface area (Å²) in [6.07, 6.45) is 2.66. The van der Waals surface area contributed by atoms with E-state index < -0.39 is 0 Å². The van der Waals surface area contributed by atoms with Gasteiger partial charge in [0.15, 0.2) is 10.6 Å². The molecule has 0 aliphatic carbocycles. The molecule has 96 valence electrons. The van der Waals surface area contributed by atoms with Gasteiger partial charge in [-0.05, 0) is 49.6 Å². The molecular weight excluding hydrogens is 264 g/mol. The molecule has 2 aromatic heterocycles. The van der Waals surface area contributed by atoms with Gasteiger partial charge in [0.05, 0.1) is 4.88 Å². The van der Waals surface area contributed by atoms with Gasteiger partial charge in [-0.15, -0.1) is 11.3 Å². The Morgan fingerprint density at radius 1 is 1.33 bits per heavy atom. The number of nitrogens with zero attached hydrogens (tertiary/aromatic N) is 3. The normalized spacial score (nSPS) is 16.4. The van der Waals surface area contributed by atoms with Crippen molar-refractivity contribution in [1.29, 1.82) is 0 Å². The molecule has 0 aromatic carbocycles. The first kappa shape index (κ1) is 12.1. The van der Waals surface area contributed by atoms with Crippen molar-refractivity contribution in [3.63, 3.8) is 0 Å². The lowest BCUT2D eigenvalue weighted by Crippen LogP contribution is -2.24. The molecule has 0 bridgehead atoms. The van der Waals surface area contributed by atoms with Gasteiger partial charge in [0.1, 0.15) is 0 Å². The lowest BCUT2D eigenvalue weighted by atomic mass is 10.4. The molecule has 1 aliphatic heterocycles. The standard InChI is InChI=1S/C12H16N4S2/c17-12-14-13-11(10-4-3-9-18-10)16(12)8-7-15-5-1-2-6-15/h3-4,9H,1-2,5-8H2,(H,14,17). The van der Waals surface area contributed by atoms with E-state index in [2.05, 4.69) is 31.1 Å². The molecule has 0 amide bonds. The Bertz CT molecular complexity index is 549. The van der Waals surface area contributed by atoms with Crippen LogP contribution in [0.15, 0.2) is 17.5 Å². The van der Waals surface area contributed by atoms with E-state index in [4.69, 9.17) is 12.2 Å². The topological polar surface area (TPSA) is 36.9 Å². The van der Waals surface area contributed by atoms with Crippen LogP contribution in [0.2, 0.25) is 0 Å². The summed E-state index contributed by atoms with van der Waals surface area (Å²) in [6, 6.07) is 4.13. The van der Waals surface area contributed by atoms with Crippen LogP contribution in [0.4, 0.5) is 0 Å². The number of aromatic nitrogens is 3. The quantitative estimate of drug-likeness (QED) is 0.875. The van der Waals surface area contributed by atoms with Crippen molar-refractivity contribution in [1.82, 2.24) is 19.7 Å². The van der Waals surface area contributed by atoms with Crippen LogP contribution < -0.4 is 0 Å². The van der Waals surface area contributed by atoms with Gasteiger partial charge >= 0.3 is 0 Å². The van der Waals surface area contributed by atoms with Crippen molar-refractivity contribution in [2.45, 2.75) is 19.4 Å². The van der Waals surface area contributed by atoms with Gasteiger partial charge in [0.2, 0.25) is 0 Å². The van der Waals surface area contributed by atoms with E-state index in [-0.39, 0.29) is 0 Å². The molecule has 4 nitrogen and oxygen atoms in total. The van der Waals surface area contributed by atoms with Crippen LogP contribution in [-0.2, 0) is 6.54 Å². The second-order valence-corrected chi connectivity index (χ2v) is 5.86. The van der Waals surface area contributed by atoms with Crippen LogP contribution in [0.5, 0.6) is 0 Å². The Morgan fingerprint density at radius 3 is 2.89 bits per heavy atom. The van der Waals surface area contributed by atoms with Crippen molar-refractivity contribution >= 4 is 23.6 Å². The maximum atomic E-state index is 5.32. The van der Waals surface area contributed by atoms with E-state index in [9.17, 15) is 0 Å². The number of aromatic amines is 1. The molecule has 0 atom stereocenters. The van der Waals surface area contributed by atoms with Gasteiger partial charge in [0, 0.05) is 13.1 Å². The molecule has 1 saturated heterocycles. The molecule has 1 aliphatic rings. The van der Waals surface area contributed by atoms with E-state index >= 15 is 0 Å². The van der Waals surface area contributed by atoms with Gasteiger partial charge in [-0.1, -0.05) is 6.07 Å². The number of likely N-dealkylation sites (tertiary alicyclic amines) is 1. The highest BCUT2D eigenvalue weighted by molar-refractivity contribution is 7.71. The second kappa shape index (κ2) is 5.34. The Labute approximate surface area is 115 Å². The minimum absolute atomic E-state index is 0.720. The van der Waals surface area contributed by atoms with Crippen molar-refractivity contribution in [3.05, 3.63) is 22.3 Å². The lowest BCUT2D eigenvalue weighted by Gasteiger charge is -2.15. The summed E-state index contributed by atoms with van der Waals surface area (Å²) in [7, 11) is 0. The molecule has 2 aromatic rings. The smallest absolute Gasteiger partial charge is 0.195 e. The molecular formula is C12H16N4S2. The SMILES string of the molecule is S=c1[nH]nc(-c2cccs2)n1CCN1CCCC1. The lowest BCUT2D eigenvalue weighted by molar-refractivity contribution is 0.322. The van der Waals surface area contributed by atoms with Crippen LogP contribution in [0.3, 0.4) is 0 Å². The third kappa shape index (κ3) is 2.41. The number of H-pyrrole nitrogens is 1. The van der Waals surface area contributed by atoms with Crippen LogP contribution in [0.1, 0.15) is 12.8 Å². The average molecular weight is 280 g/mol. The average Bonchev–Trinajstić information content (AvgIpc) is 3.08. The summed E-state index contributed by atoms with van der Waals surface area (Å²) in [5.41, 5.74) is 0. The Kier molecular flexibility index (Phi) is 3.58. The van der Waals surface area contributed by atoms with Crippen LogP contribution in [0.25, 0.3) is 10.7 Å². The fourth-order valence-electron chi connectivity index (χ4n) is 2.37. The highest BCUT2D eigenvalue weighted by Gasteiger charge is 2.14. The fourth-order valence-corrected chi connectivity index (χ4v) is 3.31. The van der Waals surface area contributed by atoms with E-state index in [1.54, 1.807) is 11.3 Å². The van der Waals surface area contributed by atoms with E-state index in [1.165, 1.54) is 30.8 Å². The zero-order valence-corrected chi connectivity index (χ0v) is 11.8. The minimum Gasteiger partial charge on any atom is -0.302 e. The first-order valence-corrected chi connectivity index (χ1v) is 7.55. The Morgan fingerprint density at radius 2 is 2.17 bits per heavy atom. The van der Waals surface area contributed by atoms with Crippen LogP contribution >= 0.6 is 23.6 Å². The van der Waals surface area contributed by atoms with Gasteiger partial charge in [-0.25, -0.2) is 0 Å². The number of rotatable bonds is 4. The maximum absolute atomic E-state index is 5.32. The molecule has 18 heavy (non-hydrogen) atoms. The van der Waals surface area contributed by atoms with Crippen molar-refractivity contribution < 1.29 is 0 Å². The summed E-state index contributed by atoms with van der Waals surface area (Å²) in [4.78, 5) is 3.66. The summed E-state index contributed by atoms with van der Waals surface area (Å²) < 4.78 is 2.83. The minimum atomic E-state index is 0.720. The Balaban J connectivity index is 1.78. The summed E-state index contributed by atoms with van der Waals surface area (Å²) >= 11 is 7.02.